The number of carbonyl (C=O) groups is 1. The van der Waals surface area contributed by atoms with Gasteiger partial charge >= 0.3 is 0 Å². The number of thiophene rings is 1. The largest absolute Gasteiger partial charge is 0.338 e. The van der Waals surface area contributed by atoms with E-state index in [0.717, 1.165) is 10.7 Å². The van der Waals surface area contributed by atoms with Crippen LogP contribution in [0.25, 0.3) is 0 Å². The van der Waals surface area contributed by atoms with E-state index in [0.29, 0.717) is 6.42 Å². The van der Waals surface area contributed by atoms with E-state index in [2.05, 4.69) is 4.98 Å². The topological polar surface area (TPSA) is 34.9 Å². The van der Waals surface area contributed by atoms with Crippen molar-refractivity contribution in [2.24, 2.45) is 7.05 Å². The summed E-state index contributed by atoms with van der Waals surface area (Å²) in [5.41, 5.74) is 0. The third-order valence-electron chi connectivity index (χ3n) is 2.04. The molecule has 0 bridgehead atoms. The molecule has 2 aromatic heterocycles. The first-order valence-electron chi connectivity index (χ1n) is 4.30. The van der Waals surface area contributed by atoms with Crippen molar-refractivity contribution in [3.05, 3.63) is 40.6 Å². The molecule has 0 unspecified atom stereocenters. The Bertz CT molecular complexity index is 431. The van der Waals surface area contributed by atoms with Gasteiger partial charge in [0, 0.05) is 19.4 Å². The Kier molecular flexibility index (Phi) is 2.45. The van der Waals surface area contributed by atoms with Crippen LogP contribution >= 0.6 is 11.3 Å². The summed E-state index contributed by atoms with van der Waals surface area (Å²) in [6, 6.07) is 3.73. The molecule has 0 aliphatic carbocycles. The number of imidazole rings is 1. The van der Waals surface area contributed by atoms with E-state index >= 15 is 0 Å². The average molecular weight is 206 g/mol. The van der Waals surface area contributed by atoms with E-state index in [-0.39, 0.29) is 5.78 Å². The predicted molar refractivity (Wildman–Crippen MR) is 55.6 cm³/mol. The molecule has 0 spiro atoms. The second-order valence-corrected chi connectivity index (χ2v) is 3.98. The van der Waals surface area contributed by atoms with E-state index in [1.807, 2.05) is 35.3 Å². The quantitative estimate of drug-likeness (QED) is 0.719. The molecule has 2 rings (SSSR count). The van der Waals surface area contributed by atoms with Crippen LogP contribution in [0.2, 0.25) is 0 Å². The maximum Gasteiger partial charge on any atom is 0.180 e. The number of aryl methyl sites for hydroxylation is 1. The molecule has 4 heteroatoms. The molecule has 0 amide bonds. The van der Waals surface area contributed by atoms with Crippen molar-refractivity contribution in [3.63, 3.8) is 0 Å². The Hall–Kier alpha value is -1.42. The van der Waals surface area contributed by atoms with Crippen LogP contribution in [-0.2, 0) is 13.5 Å². The third kappa shape index (κ3) is 1.75. The van der Waals surface area contributed by atoms with E-state index < -0.39 is 0 Å². The number of rotatable bonds is 3. The standard InChI is InChI=1S/C10H10N2OS/c1-12-5-4-11-10(12)7-8(13)9-3-2-6-14-9/h2-6H,7H2,1H3. The van der Waals surface area contributed by atoms with E-state index in [9.17, 15) is 4.79 Å². The molecule has 0 aliphatic rings. The van der Waals surface area contributed by atoms with Gasteiger partial charge in [0.25, 0.3) is 0 Å². The summed E-state index contributed by atoms with van der Waals surface area (Å²) in [5, 5.41) is 1.91. The second-order valence-electron chi connectivity index (χ2n) is 3.03. The number of Topliss-reactive ketones (excluding diaryl/α,β-unsaturated/α-hetero) is 1. The van der Waals surface area contributed by atoms with Crippen LogP contribution in [0.5, 0.6) is 0 Å². The zero-order valence-electron chi connectivity index (χ0n) is 7.80. The molecule has 0 atom stereocenters. The summed E-state index contributed by atoms with van der Waals surface area (Å²) in [6.07, 6.45) is 3.93. The predicted octanol–water partition coefficient (Wildman–Crippen LogP) is 1.91. The van der Waals surface area contributed by atoms with Gasteiger partial charge in [0.2, 0.25) is 0 Å². The van der Waals surface area contributed by atoms with Crippen molar-refractivity contribution >= 4 is 17.1 Å². The molecule has 0 saturated heterocycles. The molecular formula is C10H10N2OS. The van der Waals surface area contributed by atoms with Crippen LogP contribution in [-0.4, -0.2) is 15.3 Å². The minimum Gasteiger partial charge on any atom is -0.338 e. The lowest BCUT2D eigenvalue weighted by atomic mass is 10.2. The number of ketones is 1. The van der Waals surface area contributed by atoms with Crippen molar-refractivity contribution in [3.8, 4) is 0 Å². The van der Waals surface area contributed by atoms with Crippen LogP contribution < -0.4 is 0 Å². The lowest BCUT2D eigenvalue weighted by Crippen LogP contribution is -2.06. The minimum absolute atomic E-state index is 0.134. The zero-order chi connectivity index (χ0) is 9.97. The monoisotopic (exact) mass is 206 g/mol. The molecule has 0 radical (unpaired) electrons. The smallest absolute Gasteiger partial charge is 0.180 e. The molecule has 0 aromatic carbocycles. The van der Waals surface area contributed by atoms with Crippen LogP contribution in [0.4, 0.5) is 0 Å². The maximum atomic E-state index is 11.7. The molecule has 72 valence electrons. The Labute approximate surface area is 86.0 Å². The molecule has 0 aliphatic heterocycles. The van der Waals surface area contributed by atoms with E-state index in [4.69, 9.17) is 0 Å². The zero-order valence-corrected chi connectivity index (χ0v) is 8.62. The average Bonchev–Trinajstić information content (AvgIpc) is 2.77. The lowest BCUT2D eigenvalue weighted by molar-refractivity contribution is 0.0994. The van der Waals surface area contributed by atoms with Gasteiger partial charge in [-0.15, -0.1) is 11.3 Å². The van der Waals surface area contributed by atoms with Gasteiger partial charge < -0.3 is 4.57 Å². The Morgan fingerprint density at radius 2 is 2.50 bits per heavy atom. The molecule has 0 saturated carbocycles. The Morgan fingerprint density at radius 1 is 1.64 bits per heavy atom. The first-order valence-corrected chi connectivity index (χ1v) is 5.18. The van der Waals surface area contributed by atoms with Gasteiger partial charge in [0.15, 0.2) is 5.78 Å². The summed E-state index contributed by atoms with van der Waals surface area (Å²) >= 11 is 1.47. The van der Waals surface area contributed by atoms with E-state index in [1.54, 1.807) is 6.20 Å². The van der Waals surface area contributed by atoms with E-state index in [1.165, 1.54) is 11.3 Å². The number of carbonyl (C=O) groups excluding carboxylic acids is 1. The lowest BCUT2D eigenvalue weighted by Gasteiger charge is -1.98. The second kappa shape index (κ2) is 3.75. The number of hydrogen-bond donors (Lipinski definition) is 0. The molecule has 3 nitrogen and oxygen atoms in total. The number of hydrogen-bond acceptors (Lipinski definition) is 3. The highest BCUT2D eigenvalue weighted by atomic mass is 32.1. The fraction of sp³-hybridized carbons (Fsp3) is 0.200. The van der Waals surface area contributed by atoms with Crippen LogP contribution in [0.3, 0.4) is 0 Å². The summed E-state index contributed by atoms with van der Waals surface area (Å²) in [6.45, 7) is 0. The normalized spacial score (nSPS) is 10.4. The maximum absolute atomic E-state index is 11.7. The number of aromatic nitrogens is 2. The van der Waals surface area contributed by atoms with Gasteiger partial charge in [0.05, 0.1) is 11.3 Å². The fourth-order valence-corrected chi connectivity index (χ4v) is 1.90. The molecule has 0 N–H and O–H groups in total. The van der Waals surface area contributed by atoms with Gasteiger partial charge in [-0.25, -0.2) is 4.98 Å². The number of nitrogens with zero attached hydrogens (tertiary/aromatic N) is 2. The summed E-state index contributed by atoms with van der Waals surface area (Å²) in [7, 11) is 1.89. The summed E-state index contributed by atoms with van der Waals surface area (Å²) in [4.78, 5) is 16.6. The highest BCUT2D eigenvalue weighted by Crippen LogP contribution is 2.11. The van der Waals surface area contributed by atoms with Gasteiger partial charge in [-0.2, -0.15) is 0 Å². The van der Waals surface area contributed by atoms with Gasteiger partial charge in [0.1, 0.15) is 5.82 Å². The molecule has 14 heavy (non-hydrogen) atoms. The van der Waals surface area contributed by atoms with Gasteiger partial charge in [-0.05, 0) is 11.4 Å². The first kappa shape index (κ1) is 9.15. The van der Waals surface area contributed by atoms with Crippen molar-refractivity contribution in [1.29, 1.82) is 0 Å². The first-order chi connectivity index (χ1) is 6.77. The Morgan fingerprint density at radius 3 is 3.07 bits per heavy atom. The highest BCUT2D eigenvalue weighted by molar-refractivity contribution is 7.12. The van der Waals surface area contributed by atoms with Crippen molar-refractivity contribution < 1.29 is 4.79 Å². The summed E-state index contributed by atoms with van der Waals surface area (Å²) in [5.74, 6) is 0.942. The minimum atomic E-state index is 0.134. The van der Waals surface area contributed by atoms with Crippen LogP contribution in [0.1, 0.15) is 15.5 Å². The van der Waals surface area contributed by atoms with Gasteiger partial charge in [-0.3, -0.25) is 4.79 Å². The SMILES string of the molecule is Cn1ccnc1CC(=O)c1cccs1. The Balaban J connectivity index is 2.13. The van der Waals surface area contributed by atoms with Crippen LogP contribution in [0.15, 0.2) is 29.9 Å². The molecule has 0 fully saturated rings. The molecular weight excluding hydrogens is 196 g/mol. The van der Waals surface area contributed by atoms with Crippen LogP contribution in [0, 0.1) is 0 Å². The molecule has 2 heterocycles. The fourth-order valence-electron chi connectivity index (χ4n) is 1.23. The van der Waals surface area contributed by atoms with Crippen molar-refractivity contribution in [1.82, 2.24) is 9.55 Å². The summed E-state index contributed by atoms with van der Waals surface area (Å²) < 4.78 is 1.87. The highest BCUT2D eigenvalue weighted by Gasteiger charge is 2.10. The molecule has 2 aromatic rings. The third-order valence-corrected chi connectivity index (χ3v) is 2.95. The van der Waals surface area contributed by atoms with Crippen molar-refractivity contribution in [2.45, 2.75) is 6.42 Å². The van der Waals surface area contributed by atoms with Gasteiger partial charge in [-0.1, -0.05) is 6.07 Å². The van der Waals surface area contributed by atoms with Crippen molar-refractivity contribution in [2.75, 3.05) is 0 Å².